The summed E-state index contributed by atoms with van der Waals surface area (Å²) in [4.78, 5) is 29.2. The first kappa shape index (κ1) is 21.2. The van der Waals surface area contributed by atoms with Gasteiger partial charge in [-0.25, -0.2) is 4.98 Å². The lowest BCUT2D eigenvalue weighted by Crippen LogP contribution is -2.22. The fourth-order valence-electron chi connectivity index (χ4n) is 2.78. The molecule has 3 rings (SSSR count). The van der Waals surface area contributed by atoms with Crippen LogP contribution in [0.4, 0.5) is 11.0 Å². The summed E-state index contributed by atoms with van der Waals surface area (Å²) in [6, 6.07) is 5.21. The summed E-state index contributed by atoms with van der Waals surface area (Å²) >= 11 is 13.3. The number of carbonyl (C=O) groups is 2. The van der Waals surface area contributed by atoms with Crippen molar-refractivity contribution < 1.29 is 14.0 Å². The lowest BCUT2D eigenvalue weighted by Gasteiger charge is -2.05. The van der Waals surface area contributed by atoms with Gasteiger partial charge in [0.25, 0.3) is 5.91 Å². The third kappa shape index (κ3) is 4.55. The van der Waals surface area contributed by atoms with Crippen molar-refractivity contribution in [2.24, 2.45) is 0 Å². The van der Waals surface area contributed by atoms with Gasteiger partial charge in [0.2, 0.25) is 11.8 Å². The lowest BCUT2D eigenvalue weighted by atomic mass is 10.1. The molecule has 2 heterocycles. The third-order valence-electron chi connectivity index (χ3n) is 4.19. The average molecular weight is 453 g/mol. The molecule has 0 spiro atoms. The molecule has 2 aromatic heterocycles. The quantitative estimate of drug-likeness (QED) is 0.507. The molecule has 0 bridgehead atoms. The zero-order valence-corrected chi connectivity index (χ0v) is 18.2. The Labute approximate surface area is 181 Å². The standard InChI is InChI=1S/C19H18Cl2N4O3S/c1-9-11(16(17(27)22-2)18(23-3)28-9)7-15(26)25-19-24-14(8-29-19)10-4-5-12(20)13(21)6-10/h4-6,8,23H,7H2,1-3H3,(H,22,27)(H,24,25,26). The molecule has 0 saturated heterocycles. The highest BCUT2D eigenvalue weighted by atomic mass is 35.5. The van der Waals surface area contributed by atoms with Crippen LogP contribution in [-0.4, -0.2) is 30.9 Å². The van der Waals surface area contributed by atoms with Crippen LogP contribution in [0.15, 0.2) is 28.0 Å². The van der Waals surface area contributed by atoms with E-state index >= 15 is 0 Å². The van der Waals surface area contributed by atoms with E-state index in [0.29, 0.717) is 43.6 Å². The van der Waals surface area contributed by atoms with E-state index in [-0.39, 0.29) is 18.2 Å². The number of nitrogens with one attached hydrogen (secondary N) is 3. The molecule has 0 aliphatic rings. The molecule has 0 atom stereocenters. The van der Waals surface area contributed by atoms with Gasteiger partial charge in [-0.05, 0) is 19.1 Å². The number of benzene rings is 1. The predicted molar refractivity (Wildman–Crippen MR) is 116 cm³/mol. The number of amides is 2. The van der Waals surface area contributed by atoms with E-state index in [9.17, 15) is 9.59 Å². The largest absolute Gasteiger partial charge is 0.445 e. The lowest BCUT2D eigenvalue weighted by molar-refractivity contribution is -0.115. The topological polar surface area (TPSA) is 96.3 Å². The summed E-state index contributed by atoms with van der Waals surface area (Å²) in [7, 11) is 3.17. The summed E-state index contributed by atoms with van der Waals surface area (Å²) in [5.41, 5.74) is 2.31. The Hall–Kier alpha value is -2.55. The normalized spacial score (nSPS) is 10.7. The smallest absolute Gasteiger partial charge is 0.256 e. The molecule has 0 unspecified atom stereocenters. The van der Waals surface area contributed by atoms with Crippen LogP contribution in [0.2, 0.25) is 10.0 Å². The van der Waals surface area contributed by atoms with Crippen LogP contribution in [-0.2, 0) is 11.2 Å². The number of aryl methyl sites for hydroxylation is 1. The molecule has 3 aromatic rings. The molecular weight excluding hydrogens is 435 g/mol. The first-order chi connectivity index (χ1) is 13.8. The number of halogens is 2. The van der Waals surface area contributed by atoms with Gasteiger partial charge in [0.1, 0.15) is 11.3 Å². The first-order valence-electron chi connectivity index (χ1n) is 8.57. The summed E-state index contributed by atoms with van der Waals surface area (Å²) in [5.74, 6) is 0.182. The molecule has 7 nitrogen and oxygen atoms in total. The number of nitrogens with zero attached hydrogens (tertiary/aromatic N) is 1. The molecule has 2 amide bonds. The molecule has 10 heteroatoms. The van der Waals surface area contributed by atoms with Gasteiger partial charge in [0.15, 0.2) is 5.13 Å². The van der Waals surface area contributed by atoms with Crippen LogP contribution >= 0.6 is 34.5 Å². The predicted octanol–water partition coefficient (Wildman–Crippen LogP) is 4.60. The Morgan fingerprint density at radius 3 is 2.62 bits per heavy atom. The molecule has 29 heavy (non-hydrogen) atoms. The van der Waals surface area contributed by atoms with Crippen molar-refractivity contribution in [3.63, 3.8) is 0 Å². The maximum atomic E-state index is 12.6. The third-order valence-corrected chi connectivity index (χ3v) is 5.69. The number of thiazole rings is 1. The summed E-state index contributed by atoms with van der Waals surface area (Å²) in [6.45, 7) is 1.71. The second-order valence-electron chi connectivity index (χ2n) is 6.06. The van der Waals surface area contributed by atoms with Gasteiger partial charge in [-0.3, -0.25) is 9.59 Å². The van der Waals surface area contributed by atoms with E-state index in [1.807, 2.05) is 5.38 Å². The van der Waals surface area contributed by atoms with Crippen LogP contribution in [0.25, 0.3) is 11.3 Å². The molecule has 1 aromatic carbocycles. The molecule has 3 N–H and O–H groups in total. The number of anilines is 2. The minimum atomic E-state index is -0.329. The van der Waals surface area contributed by atoms with Crippen LogP contribution in [0, 0.1) is 6.92 Å². The fraction of sp³-hybridized carbons (Fsp3) is 0.211. The number of furan rings is 1. The van der Waals surface area contributed by atoms with Gasteiger partial charge in [-0.15, -0.1) is 11.3 Å². The SMILES string of the molecule is CNC(=O)c1c(NC)oc(C)c1CC(=O)Nc1nc(-c2ccc(Cl)c(Cl)c2)cs1. The zero-order valence-electron chi connectivity index (χ0n) is 15.9. The minimum absolute atomic E-state index is 0.0263. The van der Waals surface area contributed by atoms with Crippen molar-refractivity contribution in [2.45, 2.75) is 13.3 Å². The van der Waals surface area contributed by atoms with Gasteiger partial charge in [0.05, 0.1) is 22.2 Å². The van der Waals surface area contributed by atoms with E-state index in [2.05, 4.69) is 20.9 Å². The van der Waals surface area contributed by atoms with Crippen molar-refractivity contribution in [2.75, 3.05) is 24.7 Å². The number of carbonyl (C=O) groups excluding carboxylic acids is 2. The van der Waals surface area contributed by atoms with Crippen LogP contribution in [0.5, 0.6) is 0 Å². The molecule has 152 valence electrons. The van der Waals surface area contributed by atoms with E-state index in [1.165, 1.54) is 18.4 Å². The molecule has 0 saturated carbocycles. The summed E-state index contributed by atoms with van der Waals surface area (Å²) in [5, 5.41) is 11.3. The molecule has 0 fully saturated rings. The Kier molecular flexibility index (Phi) is 6.46. The molecule has 0 aliphatic heterocycles. The monoisotopic (exact) mass is 452 g/mol. The van der Waals surface area contributed by atoms with Gasteiger partial charge in [-0.1, -0.05) is 29.3 Å². The Balaban J connectivity index is 1.77. The van der Waals surface area contributed by atoms with Gasteiger partial charge >= 0.3 is 0 Å². The number of rotatable bonds is 6. The van der Waals surface area contributed by atoms with Crippen LogP contribution < -0.4 is 16.0 Å². The average Bonchev–Trinajstić information content (AvgIpc) is 3.28. The summed E-state index contributed by atoms with van der Waals surface area (Å²) in [6.07, 6.45) is -0.0263. The molecule has 0 radical (unpaired) electrons. The Morgan fingerprint density at radius 1 is 1.21 bits per heavy atom. The van der Waals surface area contributed by atoms with Crippen LogP contribution in [0.3, 0.4) is 0 Å². The van der Waals surface area contributed by atoms with Gasteiger partial charge in [0, 0.05) is 30.6 Å². The van der Waals surface area contributed by atoms with Crippen molar-refractivity contribution in [1.29, 1.82) is 0 Å². The van der Waals surface area contributed by atoms with E-state index in [1.54, 1.807) is 32.2 Å². The number of hydrogen-bond donors (Lipinski definition) is 3. The van der Waals surface area contributed by atoms with E-state index in [4.69, 9.17) is 27.6 Å². The Bertz CT molecular complexity index is 1080. The summed E-state index contributed by atoms with van der Waals surface area (Å²) < 4.78 is 5.56. The fourth-order valence-corrected chi connectivity index (χ4v) is 3.81. The Morgan fingerprint density at radius 2 is 1.97 bits per heavy atom. The van der Waals surface area contributed by atoms with Gasteiger partial charge < -0.3 is 20.4 Å². The maximum Gasteiger partial charge on any atom is 0.256 e. The molecular formula is C19H18Cl2N4O3S. The van der Waals surface area contributed by atoms with Crippen molar-refractivity contribution >= 4 is 57.4 Å². The highest BCUT2D eigenvalue weighted by Gasteiger charge is 2.24. The molecule has 0 aliphatic carbocycles. The minimum Gasteiger partial charge on any atom is -0.445 e. The maximum absolute atomic E-state index is 12.6. The van der Waals surface area contributed by atoms with Crippen molar-refractivity contribution in [3.05, 3.63) is 50.5 Å². The van der Waals surface area contributed by atoms with E-state index < -0.39 is 0 Å². The second-order valence-corrected chi connectivity index (χ2v) is 7.73. The second kappa shape index (κ2) is 8.86. The van der Waals surface area contributed by atoms with E-state index in [0.717, 1.165) is 5.56 Å². The number of aromatic nitrogens is 1. The highest BCUT2D eigenvalue weighted by Crippen LogP contribution is 2.31. The van der Waals surface area contributed by atoms with Crippen molar-refractivity contribution in [3.8, 4) is 11.3 Å². The first-order valence-corrected chi connectivity index (χ1v) is 10.2. The highest BCUT2D eigenvalue weighted by molar-refractivity contribution is 7.14. The van der Waals surface area contributed by atoms with Gasteiger partial charge in [-0.2, -0.15) is 0 Å². The zero-order chi connectivity index (χ0) is 21.1. The number of hydrogen-bond acceptors (Lipinski definition) is 6. The van der Waals surface area contributed by atoms with Crippen LogP contribution in [0.1, 0.15) is 21.7 Å². The van der Waals surface area contributed by atoms with Crippen molar-refractivity contribution in [1.82, 2.24) is 10.3 Å².